The summed E-state index contributed by atoms with van der Waals surface area (Å²) in [5.41, 5.74) is -1.52. The Balaban J connectivity index is 5.04. The third-order valence-electron chi connectivity index (χ3n) is 9.20. The van der Waals surface area contributed by atoms with E-state index in [1.807, 2.05) is 43.4 Å². The molecule has 39 heavy (non-hydrogen) atoms. The number of hydrogen-bond donors (Lipinski definition) is 3. The second kappa shape index (κ2) is 18.4. The van der Waals surface area contributed by atoms with Gasteiger partial charge in [-0.25, -0.2) is 0 Å². The molecule has 0 aliphatic carbocycles. The van der Waals surface area contributed by atoms with E-state index in [2.05, 4.69) is 72.8 Å². The van der Waals surface area contributed by atoms with Gasteiger partial charge in [-0.05, 0) is 69.1 Å². The molecule has 0 radical (unpaired) electrons. The van der Waals surface area contributed by atoms with E-state index >= 15 is 0 Å². The number of hydrogen-bond acceptors (Lipinski definition) is 3. The maximum Gasteiger partial charge on any atom is 0.303 e. The van der Waals surface area contributed by atoms with Crippen LogP contribution in [0.2, 0.25) is 0 Å². The van der Waals surface area contributed by atoms with E-state index < -0.39 is 17.7 Å². The van der Waals surface area contributed by atoms with Crippen LogP contribution in [0.5, 0.6) is 0 Å². The minimum Gasteiger partial charge on any atom is -0.481 e. The fraction of sp³-hybridized carbons (Fsp3) is 0.686. The van der Waals surface area contributed by atoms with Crippen LogP contribution in [0.1, 0.15) is 126 Å². The van der Waals surface area contributed by atoms with Gasteiger partial charge in [0.1, 0.15) is 0 Å². The molecule has 0 spiro atoms. The first kappa shape index (κ1) is 37.1. The van der Waals surface area contributed by atoms with Gasteiger partial charge in [0, 0.05) is 11.8 Å². The van der Waals surface area contributed by atoms with Gasteiger partial charge in [-0.1, -0.05) is 122 Å². The Hall–Kier alpha value is -1.91. The van der Waals surface area contributed by atoms with E-state index in [0.29, 0.717) is 12.8 Å². The van der Waals surface area contributed by atoms with Crippen LogP contribution < -0.4 is 0 Å². The molecule has 0 aliphatic rings. The average Bonchev–Trinajstić information content (AvgIpc) is 2.90. The van der Waals surface area contributed by atoms with Gasteiger partial charge >= 0.3 is 5.97 Å². The lowest BCUT2D eigenvalue weighted by molar-refractivity contribution is -0.137. The van der Waals surface area contributed by atoms with Crippen molar-refractivity contribution in [1.82, 2.24) is 0 Å². The highest BCUT2D eigenvalue weighted by Gasteiger charge is 2.42. The third kappa shape index (κ3) is 12.9. The summed E-state index contributed by atoms with van der Waals surface area (Å²) in [6.45, 7) is 16.9. The third-order valence-corrected chi connectivity index (χ3v) is 9.20. The molecule has 3 N–H and O–H groups in total. The fourth-order valence-corrected chi connectivity index (χ4v) is 5.11. The molecule has 0 fully saturated rings. The summed E-state index contributed by atoms with van der Waals surface area (Å²) in [6.07, 6.45) is 28.8. The Kier molecular flexibility index (Phi) is 17.5. The van der Waals surface area contributed by atoms with Crippen LogP contribution in [-0.2, 0) is 4.79 Å². The summed E-state index contributed by atoms with van der Waals surface area (Å²) in [5.74, 6) is -0.737. The second-order valence-corrected chi connectivity index (χ2v) is 12.3. The summed E-state index contributed by atoms with van der Waals surface area (Å²) in [6, 6.07) is 0. The van der Waals surface area contributed by atoms with E-state index in [-0.39, 0.29) is 22.7 Å². The Bertz CT molecular complexity index is 834. The standard InChI is InChI=1S/C35H60O4/c1-9-13-21-29-35(8,39)34(7,12-4)28-24-18-16-14-15-17-22-26-32(5,10-2)31(38)33(6,11-3)27-23-19-20-25-30(36)37/h13-18,21-22,24,28,31,38-39H,9-12,19-20,23,25-27,29H2,1-8H3,(H,36,37)/b15-14-,18-16-,21-13-,22-17-,28-24+/t31?,32-,33-,34-,35?/m1/s1. The van der Waals surface area contributed by atoms with Gasteiger partial charge in [-0.2, -0.15) is 0 Å². The summed E-state index contributed by atoms with van der Waals surface area (Å²) in [5, 5.41) is 31.3. The normalized spacial score (nSPS) is 20.1. The number of aliphatic hydroxyl groups excluding tert-OH is 1. The first-order valence-corrected chi connectivity index (χ1v) is 15.2. The predicted octanol–water partition coefficient (Wildman–Crippen LogP) is 9.35. The van der Waals surface area contributed by atoms with Crippen LogP contribution in [0.25, 0.3) is 0 Å². The van der Waals surface area contributed by atoms with Crippen molar-refractivity contribution in [3.8, 4) is 0 Å². The molecule has 4 nitrogen and oxygen atoms in total. The molecule has 2 unspecified atom stereocenters. The number of rotatable bonds is 21. The molecule has 0 saturated carbocycles. The highest BCUT2D eigenvalue weighted by Crippen LogP contribution is 2.44. The van der Waals surface area contributed by atoms with E-state index in [9.17, 15) is 15.0 Å². The number of aliphatic carboxylic acids is 1. The smallest absolute Gasteiger partial charge is 0.303 e. The van der Waals surface area contributed by atoms with Crippen molar-refractivity contribution in [2.24, 2.45) is 16.2 Å². The zero-order valence-electron chi connectivity index (χ0n) is 26.4. The average molecular weight is 545 g/mol. The molecule has 0 aromatic heterocycles. The van der Waals surface area contributed by atoms with Gasteiger partial charge in [0.25, 0.3) is 0 Å². The summed E-state index contributed by atoms with van der Waals surface area (Å²) < 4.78 is 0. The maximum absolute atomic E-state index is 11.4. The zero-order chi connectivity index (χ0) is 30.0. The number of allylic oxidation sites excluding steroid dienone is 8. The lowest BCUT2D eigenvalue weighted by Gasteiger charge is -2.44. The molecule has 0 rings (SSSR count). The highest BCUT2D eigenvalue weighted by molar-refractivity contribution is 5.66. The molecule has 0 aromatic carbocycles. The molecule has 0 amide bonds. The number of carboxylic acids is 1. The highest BCUT2D eigenvalue weighted by atomic mass is 16.4. The van der Waals surface area contributed by atoms with Crippen molar-refractivity contribution in [3.05, 3.63) is 60.8 Å². The molecule has 224 valence electrons. The summed E-state index contributed by atoms with van der Waals surface area (Å²) in [7, 11) is 0. The van der Waals surface area contributed by atoms with Gasteiger partial charge in [0.15, 0.2) is 0 Å². The van der Waals surface area contributed by atoms with Gasteiger partial charge in [0.2, 0.25) is 0 Å². The van der Waals surface area contributed by atoms with Crippen molar-refractivity contribution in [2.75, 3.05) is 0 Å². The molecule has 0 heterocycles. The van der Waals surface area contributed by atoms with Gasteiger partial charge in [-0.15, -0.1) is 0 Å². The monoisotopic (exact) mass is 544 g/mol. The van der Waals surface area contributed by atoms with Crippen LogP contribution in [-0.4, -0.2) is 33.0 Å². The van der Waals surface area contributed by atoms with Gasteiger partial charge in [-0.3, -0.25) is 4.79 Å². The summed E-state index contributed by atoms with van der Waals surface area (Å²) >= 11 is 0. The van der Waals surface area contributed by atoms with Crippen LogP contribution in [0, 0.1) is 16.2 Å². The molecule has 5 atom stereocenters. The minimum atomic E-state index is -0.805. The van der Waals surface area contributed by atoms with Crippen molar-refractivity contribution < 1.29 is 20.1 Å². The SMILES string of the molecule is CC/C=C\CC(C)(O)[C@@](C)(/C=C/C=C\C=C/C=C\C[C@@](C)(CC)C(O)[C@](C)(CC)CCCCCC(=O)O)CC. The fourth-order valence-electron chi connectivity index (χ4n) is 5.11. The van der Waals surface area contributed by atoms with E-state index in [1.165, 1.54) is 0 Å². The number of carbonyl (C=O) groups is 1. The first-order valence-electron chi connectivity index (χ1n) is 15.2. The quantitative estimate of drug-likeness (QED) is 0.0764. The van der Waals surface area contributed by atoms with Crippen LogP contribution in [0.4, 0.5) is 0 Å². The van der Waals surface area contributed by atoms with Gasteiger partial charge < -0.3 is 15.3 Å². The first-order chi connectivity index (χ1) is 18.3. The minimum absolute atomic E-state index is 0.184. The van der Waals surface area contributed by atoms with Crippen molar-refractivity contribution in [1.29, 1.82) is 0 Å². The maximum atomic E-state index is 11.4. The van der Waals surface area contributed by atoms with Gasteiger partial charge in [0.05, 0.1) is 11.7 Å². The number of aliphatic hydroxyl groups is 2. The van der Waals surface area contributed by atoms with Crippen LogP contribution in [0.3, 0.4) is 0 Å². The molecule has 4 heteroatoms. The Morgan fingerprint density at radius 2 is 1.31 bits per heavy atom. The lowest BCUT2D eigenvalue weighted by Crippen LogP contribution is -2.44. The molecule has 0 bridgehead atoms. The van der Waals surface area contributed by atoms with E-state index in [0.717, 1.165) is 51.4 Å². The Morgan fingerprint density at radius 1 is 0.718 bits per heavy atom. The van der Waals surface area contributed by atoms with E-state index in [1.54, 1.807) is 0 Å². The van der Waals surface area contributed by atoms with E-state index in [4.69, 9.17) is 5.11 Å². The molecular formula is C35H60O4. The molecule has 0 saturated heterocycles. The van der Waals surface area contributed by atoms with Crippen molar-refractivity contribution in [2.45, 2.75) is 138 Å². The summed E-state index contributed by atoms with van der Waals surface area (Å²) in [4.78, 5) is 10.8. The lowest BCUT2D eigenvalue weighted by atomic mass is 9.64. The van der Waals surface area contributed by atoms with Crippen molar-refractivity contribution in [3.63, 3.8) is 0 Å². The Labute approximate surface area is 240 Å². The van der Waals surface area contributed by atoms with Crippen LogP contribution >= 0.6 is 0 Å². The largest absolute Gasteiger partial charge is 0.481 e. The van der Waals surface area contributed by atoms with Crippen LogP contribution in [0.15, 0.2) is 60.8 Å². The zero-order valence-corrected chi connectivity index (χ0v) is 26.4. The number of unbranched alkanes of at least 4 members (excludes halogenated alkanes) is 2. The topological polar surface area (TPSA) is 77.8 Å². The molecule has 0 aliphatic heterocycles. The van der Waals surface area contributed by atoms with Crippen molar-refractivity contribution >= 4 is 5.97 Å². The number of carboxylic acid groups (broad SMARTS) is 1. The predicted molar refractivity (Wildman–Crippen MR) is 168 cm³/mol. The molecular weight excluding hydrogens is 484 g/mol. The Morgan fingerprint density at radius 3 is 1.85 bits per heavy atom. The molecule has 0 aromatic rings. The second-order valence-electron chi connectivity index (χ2n) is 12.3.